The van der Waals surface area contributed by atoms with Gasteiger partial charge in [0.2, 0.25) is 0 Å². The fraction of sp³-hybridized carbons (Fsp3) is 0.261. The fourth-order valence-electron chi connectivity index (χ4n) is 3.36. The van der Waals surface area contributed by atoms with Crippen molar-refractivity contribution in [3.05, 3.63) is 89.6 Å². The molecular formula is C23H23FN2O3. The topological polar surface area (TPSA) is 45.9 Å². The van der Waals surface area contributed by atoms with E-state index in [0.29, 0.717) is 31.0 Å². The van der Waals surface area contributed by atoms with Crippen molar-refractivity contribution >= 4 is 5.91 Å². The first-order chi connectivity index (χ1) is 14.2. The standard InChI is InChI=1S/C23H23FN2O3/c24-20-7-9-21(10-8-20)29-17-18-3-5-19(6-4-18)23(27)26-13-11-25(12-14-26)16-22-2-1-15-28-22/h1-10,15H,11-14,16-17H2. The molecule has 6 heteroatoms. The monoisotopic (exact) mass is 394 g/mol. The number of halogens is 1. The summed E-state index contributed by atoms with van der Waals surface area (Å²) in [4.78, 5) is 16.9. The van der Waals surface area contributed by atoms with E-state index in [4.69, 9.17) is 9.15 Å². The maximum atomic E-state index is 12.9. The highest BCUT2D eigenvalue weighted by Crippen LogP contribution is 2.16. The molecule has 0 aliphatic carbocycles. The molecule has 0 spiro atoms. The summed E-state index contributed by atoms with van der Waals surface area (Å²) in [5.74, 6) is 1.32. The van der Waals surface area contributed by atoms with Crippen LogP contribution in [0.3, 0.4) is 0 Å². The number of hydrogen-bond donors (Lipinski definition) is 0. The summed E-state index contributed by atoms with van der Waals surface area (Å²) < 4.78 is 24.0. The summed E-state index contributed by atoms with van der Waals surface area (Å²) in [7, 11) is 0. The Bertz CT molecular complexity index is 916. The van der Waals surface area contributed by atoms with Crippen molar-refractivity contribution in [3.63, 3.8) is 0 Å². The van der Waals surface area contributed by atoms with Crippen molar-refractivity contribution in [3.8, 4) is 5.75 Å². The maximum Gasteiger partial charge on any atom is 0.253 e. The molecule has 5 nitrogen and oxygen atoms in total. The molecule has 0 bridgehead atoms. The highest BCUT2D eigenvalue weighted by molar-refractivity contribution is 5.94. The summed E-state index contributed by atoms with van der Waals surface area (Å²) in [6, 6.07) is 17.2. The van der Waals surface area contributed by atoms with Crippen LogP contribution in [0.1, 0.15) is 21.7 Å². The van der Waals surface area contributed by atoms with Crippen molar-refractivity contribution in [2.45, 2.75) is 13.2 Å². The van der Waals surface area contributed by atoms with Crippen LogP contribution in [0.2, 0.25) is 0 Å². The Balaban J connectivity index is 1.27. The molecule has 0 atom stereocenters. The molecule has 0 N–H and O–H groups in total. The molecule has 1 aromatic heterocycles. The summed E-state index contributed by atoms with van der Waals surface area (Å²) in [6.07, 6.45) is 1.68. The zero-order valence-corrected chi connectivity index (χ0v) is 16.1. The van der Waals surface area contributed by atoms with Crippen molar-refractivity contribution in [1.82, 2.24) is 9.80 Å². The van der Waals surface area contributed by atoms with Gasteiger partial charge in [-0.15, -0.1) is 0 Å². The Morgan fingerprint density at radius 2 is 1.69 bits per heavy atom. The van der Waals surface area contributed by atoms with Crippen molar-refractivity contribution in [2.75, 3.05) is 26.2 Å². The molecule has 1 amide bonds. The number of carbonyl (C=O) groups excluding carboxylic acids is 1. The maximum absolute atomic E-state index is 12.9. The van der Waals surface area contributed by atoms with Gasteiger partial charge in [-0.3, -0.25) is 9.69 Å². The normalized spacial score (nSPS) is 14.7. The Hall–Kier alpha value is -3.12. The number of amides is 1. The van der Waals surface area contributed by atoms with E-state index in [9.17, 15) is 9.18 Å². The lowest BCUT2D eigenvalue weighted by Gasteiger charge is -2.34. The Kier molecular flexibility index (Phi) is 5.91. The number of ether oxygens (including phenoxy) is 1. The lowest BCUT2D eigenvalue weighted by atomic mass is 10.1. The third kappa shape index (κ3) is 5.03. The average molecular weight is 394 g/mol. The summed E-state index contributed by atoms with van der Waals surface area (Å²) in [5.41, 5.74) is 1.63. The lowest BCUT2D eigenvalue weighted by Crippen LogP contribution is -2.48. The van der Waals surface area contributed by atoms with E-state index in [-0.39, 0.29) is 11.7 Å². The van der Waals surface area contributed by atoms with Crippen LogP contribution in [-0.4, -0.2) is 41.9 Å². The molecule has 29 heavy (non-hydrogen) atoms. The molecule has 150 valence electrons. The Morgan fingerprint density at radius 3 is 2.34 bits per heavy atom. The van der Waals surface area contributed by atoms with Gasteiger partial charge in [0.15, 0.2) is 0 Å². The van der Waals surface area contributed by atoms with Gasteiger partial charge in [-0.05, 0) is 54.1 Å². The molecule has 1 aliphatic rings. The van der Waals surface area contributed by atoms with Crippen LogP contribution in [0.15, 0.2) is 71.3 Å². The van der Waals surface area contributed by atoms with Gasteiger partial charge >= 0.3 is 0 Å². The third-order valence-electron chi connectivity index (χ3n) is 5.04. The van der Waals surface area contributed by atoms with Gasteiger partial charge in [0.25, 0.3) is 5.91 Å². The number of rotatable bonds is 6. The van der Waals surface area contributed by atoms with E-state index >= 15 is 0 Å². The van der Waals surface area contributed by atoms with Gasteiger partial charge in [0.05, 0.1) is 12.8 Å². The predicted molar refractivity (Wildman–Crippen MR) is 107 cm³/mol. The van der Waals surface area contributed by atoms with Gasteiger partial charge in [-0.1, -0.05) is 12.1 Å². The molecule has 1 aliphatic heterocycles. The highest BCUT2D eigenvalue weighted by Gasteiger charge is 2.22. The Morgan fingerprint density at radius 1 is 0.966 bits per heavy atom. The highest BCUT2D eigenvalue weighted by atomic mass is 19.1. The van der Waals surface area contributed by atoms with Gasteiger partial charge < -0.3 is 14.1 Å². The molecule has 0 unspecified atom stereocenters. The second-order valence-corrected chi connectivity index (χ2v) is 7.09. The second kappa shape index (κ2) is 8.92. The first-order valence-electron chi connectivity index (χ1n) is 9.69. The molecule has 4 rings (SSSR count). The number of carbonyl (C=O) groups is 1. The van der Waals surface area contributed by atoms with Crippen molar-refractivity contribution < 1.29 is 18.3 Å². The van der Waals surface area contributed by atoms with Crippen LogP contribution in [-0.2, 0) is 13.2 Å². The first kappa shape index (κ1) is 19.2. The van der Waals surface area contributed by atoms with Crippen LogP contribution >= 0.6 is 0 Å². The summed E-state index contributed by atoms with van der Waals surface area (Å²) in [6.45, 7) is 4.21. The number of nitrogens with zero attached hydrogens (tertiary/aromatic N) is 2. The second-order valence-electron chi connectivity index (χ2n) is 7.09. The smallest absolute Gasteiger partial charge is 0.253 e. The SMILES string of the molecule is O=C(c1ccc(COc2ccc(F)cc2)cc1)N1CCN(Cc2ccco2)CC1. The lowest BCUT2D eigenvalue weighted by molar-refractivity contribution is 0.0620. The largest absolute Gasteiger partial charge is 0.489 e. The van der Waals surface area contributed by atoms with E-state index < -0.39 is 0 Å². The number of hydrogen-bond acceptors (Lipinski definition) is 4. The molecule has 2 heterocycles. The van der Waals surface area contributed by atoms with Crippen molar-refractivity contribution in [2.24, 2.45) is 0 Å². The van der Waals surface area contributed by atoms with Gasteiger partial charge in [0, 0.05) is 31.7 Å². The van der Waals surface area contributed by atoms with E-state index in [0.717, 1.165) is 31.0 Å². The minimum absolute atomic E-state index is 0.0497. The fourth-order valence-corrected chi connectivity index (χ4v) is 3.36. The van der Waals surface area contributed by atoms with E-state index in [2.05, 4.69) is 4.90 Å². The number of furan rings is 1. The van der Waals surface area contributed by atoms with Crippen LogP contribution in [0.5, 0.6) is 5.75 Å². The van der Waals surface area contributed by atoms with Crippen LogP contribution in [0.25, 0.3) is 0 Å². The quantitative estimate of drug-likeness (QED) is 0.635. The minimum Gasteiger partial charge on any atom is -0.489 e. The third-order valence-corrected chi connectivity index (χ3v) is 5.04. The average Bonchev–Trinajstić information content (AvgIpc) is 3.27. The summed E-state index contributed by atoms with van der Waals surface area (Å²) in [5, 5.41) is 0. The molecular weight excluding hydrogens is 371 g/mol. The zero-order chi connectivity index (χ0) is 20.1. The van der Waals surface area contributed by atoms with Crippen LogP contribution < -0.4 is 4.74 Å². The molecule has 1 fully saturated rings. The molecule has 0 saturated carbocycles. The van der Waals surface area contributed by atoms with Gasteiger partial charge in [0.1, 0.15) is 23.9 Å². The zero-order valence-electron chi connectivity index (χ0n) is 16.1. The first-order valence-corrected chi connectivity index (χ1v) is 9.69. The van der Waals surface area contributed by atoms with Crippen LogP contribution in [0, 0.1) is 5.82 Å². The molecule has 0 radical (unpaired) electrons. The van der Waals surface area contributed by atoms with E-state index in [1.54, 1.807) is 18.4 Å². The molecule has 1 saturated heterocycles. The van der Waals surface area contributed by atoms with Gasteiger partial charge in [-0.2, -0.15) is 0 Å². The summed E-state index contributed by atoms with van der Waals surface area (Å²) >= 11 is 0. The Labute approximate surface area is 169 Å². The predicted octanol–water partition coefficient (Wildman–Crippen LogP) is 3.96. The minimum atomic E-state index is -0.290. The van der Waals surface area contributed by atoms with E-state index in [1.165, 1.54) is 12.1 Å². The van der Waals surface area contributed by atoms with Gasteiger partial charge in [-0.25, -0.2) is 4.39 Å². The molecule has 2 aromatic carbocycles. The van der Waals surface area contributed by atoms with Crippen LogP contribution in [0.4, 0.5) is 4.39 Å². The molecule has 3 aromatic rings. The number of benzene rings is 2. The van der Waals surface area contributed by atoms with Crippen molar-refractivity contribution in [1.29, 1.82) is 0 Å². The number of piperazine rings is 1. The van der Waals surface area contributed by atoms with E-state index in [1.807, 2.05) is 41.3 Å².